The number of fused-ring (bicyclic) bond motifs is 1. The van der Waals surface area contributed by atoms with Crippen molar-refractivity contribution in [1.82, 2.24) is 14.8 Å². The van der Waals surface area contributed by atoms with Crippen LogP contribution < -0.4 is 10.1 Å². The lowest BCUT2D eigenvalue weighted by Crippen LogP contribution is -2.15. The summed E-state index contributed by atoms with van der Waals surface area (Å²) in [7, 11) is -3.07. The first-order valence-corrected chi connectivity index (χ1v) is 12.8. The maximum absolute atomic E-state index is 13.3. The third-order valence-corrected chi connectivity index (χ3v) is 7.82. The Labute approximate surface area is 186 Å². The highest BCUT2D eigenvalue weighted by Gasteiger charge is 2.34. The van der Waals surface area contributed by atoms with Crippen LogP contribution in [0.1, 0.15) is 59.9 Å². The predicted octanol–water partition coefficient (Wildman–Crippen LogP) is 3.63. The molecule has 1 atom stereocenters. The van der Waals surface area contributed by atoms with Crippen molar-refractivity contribution in [3.05, 3.63) is 47.3 Å². The van der Waals surface area contributed by atoms with Crippen molar-refractivity contribution in [3.8, 4) is 5.75 Å². The van der Waals surface area contributed by atoms with E-state index in [1.165, 1.54) is 0 Å². The van der Waals surface area contributed by atoms with E-state index in [4.69, 9.17) is 9.72 Å². The molecule has 1 unspecified atom stereocenters. The number of aromatic nitrogens is 3. The molecule has 1 aliphatic heterocycles. The number of anilines is 1. The molecule has 2 fully saturated rings. The zero-order valence-electron chi connectivity index (χ0n) is 18.2. The van der Waals surface area contributed by atoms with Gasteiger partial charge in [-0.25, -0.2) is 18.1 Å². The minimum absolute atomic E-state index is 0.0618. The number of pyridine rings is 1. The minimum Gasteiger partial charge on any atom is -0.494 e. The summed E-state index contributed by atoms with van der Waals surface area (Å²) < 4.78 is 31.3. The van der Waals surface area contributed by atoms with Crippen molar-refractivity contribution in [1.29, 1.82) is 0 Å². The number of benzene rings is 1. The molecule has 5 rings (SSSR count). The molecule has 2 aromatic heterocycles. The Balaban J connectivity index is 1.54. The molecule has 1 aliphatic carbocycles. The number of amides is 1. The van der Waals surface area contributed by atoms with Gasteiger partial charge < -0.3 is 10.1 Å². The van der Waals surface area contributed by atoms with Gasteiger partial charge in [0.25, 0.3) is 5.91 Å². The molecule has 0 bridgehead atoms. The summed E-state index contributed by atoms with van der Waals surface area (Å²) in [5, 5.41) is 8.29. The number of hydrogen-bond acceptors (Lipinski definition) is 6. The van der Waals surface area contributed by atoms with E-state index in [9.17, 15) is 13.2 Å². The Bertz CT molecular complexity index is 1290. The first kappa shape index (κ1) is 20.9. The van der Waals surface area contributed by atoms with Crippen LogP contribution in [0.5, 0.6) is 5.75 Å². The first-order valence-electron chi connectivity index (χ1n) is 11.0. The average Bonchev–Trinajstić information content (AvgIpc) is 3.48. The van der Waals surface area contributed by atoms with E-state index in [1.807, 2.05) is 44.2 Å². The molecule has 3 aromatic rings. The minimum atomic E-state index is -3.07. The maximum Gasteiger partial charge on any atom is 0.256 e. The zero-order chi connectivity index (χ0) is 22.5. The summed E-state index contributed by atoms with van der Waals surface area (Å²) in [6, 6.07) is 8.88. The van der Waals surface area contributed by atoms with E-state index in [-0.39, 0.29) is 23.5 Å². The predicted molar refractivity (Wildman–Crippen MR) is 122 cm³/mol. The SMILES string of the molecule is CCOc1ccc(NC(=O)c2cc(C3CC3)nc3c2c(C)nn3C2CCS(=O)(=O)C2)cc1. The molecule has 1 aromatic carbocycles. The van der Waals surface area contributed by atoms with Gasteiger partial charge in [0.15, 0.2) is 15.5 Å². The fourth-order valence-electron chi connectivity index (χ4n) is 4.32. The second-order valence-electron chi connectivity index (χ2n) is 8.57. The summed E-state index contributed by atoms with van der Waals surface area (Å²) in [6.07, 6.45) is 2.61. The lowest BCUT2D eigenvalue weighted by molar-refractivity contribution is 0.102. The molecule has 2 aliphatic rings. The van der Waals surface area contributed by atoms with Gasteiger partial charge in [0.05, 0.1) is 40.8 Å². The molecule has 3 heterocycles. The Kier molecular flexibility index (Phi) is 5.16. The van der Waals surface area contributed by atoms with Crippen LogP contribution in [0.25, 0.3) is 11.0 Å². The molecule has 32 heavy (non-hydrogen) atoms. The van der Waals surface area contributed by atoms with Crippen LogP contribution in [0.15, 0.2) is 30.3 Å². The molecule has 8 nitrogen and oxygen atoms in total. The van der Waals surface area contributed by atoms with Gasteiger partial charge in [0, 0.05) is 17.3 Å². The van der Waals surface area contributed by atoms with Crippen LogP contribution in [0.4, 0.5) is 5.69 Å². The van der Waals surface area contributed by atoms with Gasteiger partial charge in [-0.15, -0.1) is 0 Å². The summed E-state index contributed by atoms with van der Waals surface area (Å²) in [6.45, 7) is 4.34. The second-order valence-corrected chi connectivity index (χ2v) is 10.8. The molecule has 168 valence electrons. The van der Waals surface area contributed by atoms with Crippen molar-refractivity contribution in [2.75, 3.05) is 23.4 Å². The highest BCUT2D eigenvalue weighted by Crippen LogP contribution is 2.41. The van der Waals surface area contributed by atoms with Crippen molar-refractivity contribution in [2.24, 2.45) is 0 Å². The number of ether oxygens (including phenoxy) is 1. The highest BCUT2D eigenvalue weighted by molar-refractivity contribution is 7.91. The Morgan fingerprint density at radius 1 is 1.22 bits per heavy atom. The van der Waals surface area contributed by atoms with Crippen molar-refractivity contribution >= 4 is 32.5 Å². The molecule has 0 spiro atoms. The van der Waals surface area contributed by atoms with Crippen LogP contribution in [0, 0.1) is 6.92 Å². The van der Waals surface area contributed by atoms with Gasteiger partial charge in [-0.1, -0.05) is 0 Å². The van der Waals surface area contributed by atoms with Gasteiger partial charge in [-0.3, -0.25) is 4.79 Å². The topological polar surface area (TPSA) is 103 Å². The van der Waals surface area contributed by atoms with Gasteiger partial charge in [0.2, 0.25) is 0 Å². The second kappa shape index (κ2) is 7.88. The van der Waals surface area contributed by atoms with Crippen molar-refractivity contribution in [3.63, 3.8) is 0 Å². The molecule has 0 radical (unpaired) electrons. The number of nitrogens with one attached hydrogen (secondary N) is 1. The molecule has 1 saturated heterocycles. The van der Waals surface area contributed by atoms with Crippen LogP contribution in [-0.2, 0) is 9.84 Å². The monoisotopic (exact) mass is 454 g/mol. The van der Waals surface area contributed by atoms with Gasteiger partial charge in [0.1, 0.15) is 5.75 Å². The standard InChI is InChI=1S/C23H26N4O4S/c1-3-31-18-8-6-16(7-9-18)24-23(28)19-12-20(15-4-5-15)25-22-21(19)14(2)26-27(22)17-10-11-32(29,30)13-17/h6-9,12,15,17H,3-5,10-11,13H2,1-2H3,(H,24,28). The number of hydrogen-bond donors (Lipinski definition) is 1. The first-order chi connectivity index (χ1) is 15.3. The molecule has 1 saturated carbocycles. The Morgan fingerprint density at radius 2 is 1.97 bits per heavy atom. The number of carbonyl (C=O) groups is 1. The lowest BCUT2D eigenvalue weighted by Gasteiger charge is -2.12. The molecule has 9 heteroatoms. The third-order valence-electron chi connectivity index (χ3n) is 6.07. The summed E-state index contributed by atoms with van der Waals surface area (Å²) in [5.74, 6) is 1.08. The smallest absolute Gasteiger partial charge is 0.256 e. The van der Waals surface area contributed by atoms with Gasteiger partial charge in [-0.05, 0) is 63.4 Å². The Morgan fingerprint density at radius 3 is 2.59 bits per heavy atom. The van der Waals surface area contributed by atoms with E-state index < -0.39 is 9.84 Å². The van der Waals surface area contributed by atoms with E-state index in [1.54, 1.807) is 4.68 Å². The number of carbonyl (C=O) groups excluding carboxylic acids is 1. The lowest BCUT2D eigenvalue weighted by atomic mass is 10.1. The zero-order valence-corrected chi connectivity index (χ0v) is 19.0. The fourth-order valence-corrected chi connectivity index (χ4v) is 6.01. The number of aryl methyl sites for hydroxylation is 1. The van der Waals surface area contributed by atoms with Crippen LogP contribution >= 0.6 is 0 Å². The van der Waals surface area contributed by atoms with E-state index in [0.29, 0.717) is 46.9 Å². The quantitative estimate of drug-likeness (QED) is 0.610. The van der Waals surface area contributed by atoms with E-state index >= 15 is 0 Å². The number of sulfone groups is 1. The maximum atomic E-state index is 13.3. The number of nitrogens with zero attached hydrogens (tertiary/aromatic N) is 3. The van der Waals surface area contributed by atoms with Gasteiger partial charge in [-0.2, -0.15) is 5.10 Å². The molecule has 1 N–H and O–H groups in total. The normalized spacial score (nSPS) is 19.9. The third kappa shape index (κ3) is 3.97. The molecule has 1 amide bonds. The van der Waals surface area contributed by atoms with Gasteiger partial charge >= 0.3 is 0 Å². The largest absolute Gasteiger partial charge is 0.494 e. The van der Waals surface area contributed by atoms with Crippen LogP contribution in [0.3, 0.4) is 0 Å². The summed E-state index contributed by atoms with van der Waals surface area (Å²) in [4.78, 5) is 18.2. The molecular formula is C23H26N4O4S. The average molecular weight is 455 g/mol. The van der Waals surface area contributed by atoms with Crippen LogP contribution in [0.2, 0.25) is 0 Å². The highest BCUT2D eigenvalue weighted by atomic mass is 32.2. The number of rotatable bonds is 6. The Hall–Kier alpha value is -2.94. The summed E-state index contributed by atoms with van der Waals surface area (Å²) >= 11 is 0. The molecular weight excluding hydrogens is 428 g/mol. The van der Waals surface area contributed by atoms with Crippen molar-refractivity contribution < 1.29 is 17.9 Å². The van der Waals surface area contributed by atoms with E-state index in [0.717, 1.165) is 24.3 Å². The van der Waals surface area contributed by atoms with E-state index in [2.05, 4.69) is 10.4 Å². The fraction of sp³-hybridized carbons (Fsp3) is 0.435. The van der Waals surface area contributed by atoms with Crippen molar-refractivity contribution in [2.45, 2.75) is 45.1 Å². The summed E-state index contributed by atoms with van der Waals surface area (Å²) in [5.41, 5.74) is 3.34. The van der Waals surface area contributed by atoms with Crippen LogP contribution in [-0.4, -0.2) is 47.2 Å².